The SMILES string of the molecule is COC1=CC(=O)C=CC1(OC)OCCCl. The van der Waals surface area contributed by atoms with Gasteiger partial charge in [0.05, 0.1) is 13.7 Å². The van der Waals surface area contributed by atoms with Gasteiger partial charge in [0.25, 0.3) is 0 Å². The molecule has 0 amide bonds. The van der Waals surface area contributed by atoms with Crippen LogP contribution in [0.4, 0.5) is 0 Å². The standard InChI is InChI=1S/C10H13ClO4/c1-13-9-7-8(12)3-4-10(9,14-2)15-6-5-11/h3-4,7H,5-6H2,1-2H3. The topological polar surface area (TPSA) is 44.8 Å². The Morgan fingerprint density at radius 2 is 2.20 bits per heavy atom. The van der Waals surface area contributed by atoms with E-state index in [0.29, 0.717) is 18.2 Å². The van der Waals surface area contributed by atoms with Crippen molar-refractivity contribution in [1.29, 1.82) is 0 Å². The normalized spacial score (nSPS) is 25.3. The summed E-state index contributed by atoms with van der Waals surface area (Å²) in [5, 5.41) is 0. The first-order chi connectivity index (χ1) is 7.18. The molecule has 0 saturated heterocycles. The van der Waals surface area contributed by atoms with Crippen LogP contribution in [0, 0.1) is 0 Å². The summed E-state index contributed by atoms with van der Waals surface area (Å²) in [5.41, 5.74) is 0. The largest absolute Gasteiger partial charge is 0.495 e. The minimum Gasteiger partial charge on any atom is -0.495 e. The molecule has 1 atom stereocenters. The molecule has 15 heavy (non-hydrogen) atoms. The van der Waals surface area contributed by atoms with E-state index in [-0.39, 0.29) is 5.78 Å². The van der Waals surface area contributed by atoms with Crippen LogP contribution >= 0.6 is 11.6 Å². The molecule has 0 N–H and O–H groups in total. The van der Waals surface area contributed by atoms with Crippen LogP contribution in [0.15, 0.2) is 24.0 Å². The van der Waals surface area contributed by atoms with E-state index in [1.54, 1.807) is 0 Å². The first-order valence-electron chi connectivity index (χ1n) is 4.43. The Hall–Kier alpha value is -0.840. The van der Waals surface area contributed by atoms with Crippen molar-refractivity contribution in [2.75, 3.05) is 26.7 Å². The number of alkyl halides is 1. The highest BCUT2D eigenvalue weighted by Gasteiger charge is 2.37. The minimum atomic E-state index is -1.13. The molecule has 0 spiro atoms. The van der Waals surface area contributed by atoms with E-state index in [9.17, 15) is 4.79 Å². The molecule has 0 aliphatic heterocycles. The Bertz CT molecular complexity index is 298. The van der Waals surface area contributed by atoms with Gasteiger partial charge in [0.2, 0.25) is 5.79 Å². The van der Waals surface area contributed by atoms with E-state index in [0.717, 1.165) is 0 Å². The second-order valence-corrected chi connectivity index (χ2v) is 3.24. The lowest BCUT2D eigenvalue weighted by molar-refractivity contribution is -0.181. The van der Waals surface area contributed by atoms with E-state index in [1.165, 1.54) is 32.4 Å². The van der Waals surface area contributed by atoms with Gasteiger partial charge in [-0.3, -0.25) is 4.79 Å². The van der Waals surface area contributed by atoms with Crippen molar-refractivity contribution in [3.8, 4) is 0 Å². The summed E-state index contributed by atoms with van der Waals surface area (Å²) in [7, 11) is 2.93. The van der Waals surface area contributed by atoms with Crippen molar-refractivity contribution in [2.45, 2.75) is 5.79 Å². The molecular weight excluding hydrogens is 220 g/mol. The summed E-state index contributed by atoms with van der Waals surface area (Å²) in [5.74, 6) is -0.627. The van der Waals surface area contributed by atoms with Crippen LogP contribution in [-0.2, 0) is 19.0 Å². The van der Waals surface area contributed by atoms with Crippen LogP contribution < -0.4 is 0 Å². The van der Waals surface area contributed by atoms with Crippen molar-refractivity contribution in [3.63, 3.8) is 0 Å². The Kier molecular flexibility index (Phi) is 4.32. The van der Waals surface area contributed by atoms with Crippen molar-refractivity contribution in [3.05, 3.63) is 24.0 Å². The van der Waals surface area contributed by atoms with Gasteiger partial charge >= 0.3 is 0 Å². The molecule has 84 valence electrons. The van der Waals surface area contributed by atoms with Crippen LogP contribution in [0.3, 0.4) is 0 Å². The number of halogens is 1. The van der Waals surface area contributed by atoms with Gasteiger partial charge in [-0.2, -0.15) is 0 Å². The van der Waals surface area contributed by atoms with E-state index in [1.807, 2.05) is 0 Å². The average molecular weight is 233 g/mol. The summed E-state index contributed by atoms with van der Waals surface area (Å²) >= 11 is 5.53. The Morgan fingerprint density at radius 3 is 2.73 bits per heavy atom. The molecule has 0 radical (unpaired) electrons. The summed E-state index contributed by atoms with van der Waals surface area (Å²) in [6.07, 6.45) is 4.22. The quantitative estimate of drug-likeness (QED) is 0.529. The highest BCUT2D eigenvalue weighted by Crippen LogP contribution is 2.28. The predicted molar refractivity (Wildman–Crippen MR) is 55.7 cm³/mol. The molecule has 0 bridgehead atoms. The number of carbonyl (C=O) groups is 1. The summed E-state index contributed by atoms with van der Waals surface area (Å²) < 4.78 is 15.7. The Labute approximate surface area is 93.4 Å². The number of allylic oxidation sites excluding steroid dienone is 2. The van der Waals surface area contributed by atoms with Crippen LogP contribution in [-0.4, -0.2) is 38.3 Å². The Balaban J connectivity index is 2.91. The van der Waals surface area contributed by atoms with Crippen LogP contribution in [0.2, 0.25) is 0 Å². The van der Waals surface area contributed by atoms with Gasteiger partial charge in [-0.1, -0.05) is 0 Å². The van der Waals surface area contributed by atoms with Crippen molar-refractivity contribution in [2.24, 2.45) is 0 Å². The monoisotopic (exact) mass is 232 g/mol. The Morgan fingerprint density at radius 1 is 1.47 bits per heavy atom. The third-order valence-corrected chi connectivity index (χ3v) is 2.15. The summed E-state index contributed by atoms with van der Waals surface area (Å²) in [6, 6.07) is 0. The maximum Gasteiger partial charge on any atom is 0.248 e. The van der Waals surface area contributed by atoms with Crippen LogP contribution in [0.5, 0.6) is 0 Å². The number of rotatable bonds is 5. The van der Waals surface area contributed by atoms with Crippen molar-refractivity contribution < 1.29 is 19.0 Å². The lowest BCUT2D eigenvalue weighted by Crippen LogP contribution is -2.38. The van der Waals surface area contributed by atoms with Gasteiger partial charge in [-0.25, -0.2) is 0 Å². The molecule has 0 aromatic heterocycles. The molecular formula is C10H13ClO4. The van der Waals surface area contributed by atoms with E-state index in [2.05, 4.69) is 0 Å². The number of ketones is 1. The number of hydrogen-bond acceptors (Lipinski definition) is 4. The predicted octanol–water partition coefficient (Wildman–Crippen LogP) is 1.25. The molecule has 4 nitrogen and oxygen atoms in total. The number of methoxy groups -OCH3 is 2. The first kappa shape index (κ1) is 12.2. The number of hydrogen-bond donors (Lipinski definition) is 0. The minimum absolute atomic E-state index is 0.158. The summed E-state index contributed by atoms with van der Waals surface area (Å²) in [4.78, 5) is 11.1. The van der Waals surface area contributed by atoms with Gasteiger partial charge in [-0.15, -0.1) is 11.6 Å². The molecule has 1 aliphatic rings. The smallest absolute Gasteiger partial charge is 0.248 e. The highest BCUT2D eigenvalue weighted by atomic mass is 35.5. The highest BCUT2D eigenvalue weighted by molar-refractivity contribution is 6.17. The average Bonchev–Trinajstić information content (AvgIpc) is 2.28. The van der Waals surface area contributed by atoms with Gasteiger partial charge in [0, 0.05) is 19.1 Å². The van der Waals surface area contributed by atoms with E-state index < -0.39 is 5.79 Å². The zero-order valence-electron chi connectivity index (χ0n) is 8.66. The molecule has 5 heteroatoms. The zero-order valence-corrected chi connectivity index (χ0v) is 9.41. The number of carbonyl (C=O) groups excluding carboxylic acids is 1. The fourth-order valence-electron chi connectivity index (χ4n) is 1.29. The third kappa shape index (κ3) is 2.59. The number of ether oxygens (including phenoxy) is 3. The lowest BCUT2D eigenvalue weighted by Gasteiger charge is -2.31. The zero-order chi connectivity index (χ0) is 11.3. The van der Waals surface area contributed by atoms with Gasteiger partial charge < -0.3 is 14.2 Å². The lowest BCUT2D eigenvalue weighted by atomic mass is 10.1. The molecule has 0 aromatic carbocycles. The first-order valence-corrected chi connectivity index (χ1v) is 4.96. The molecule has 1 aliphatic carbocycles. The maximum absolute atomic E-state index is 11.1. The third-order valence-electron chi connectivity index (χ3n) is 2.00. The van der Waals surface area contributed by atoms with Gasteiger partial charge in [0.1, 0.15) is 0 Å². The van der Waals surface area contributed by atoms with Crippen LogP contribution in [0.1, 0.15) is 0 Å². The molecule has 0 aromatic rings. The summed E-state index contributed by atoms with van der Waals surface area (Å²) in [6.45, 7) is 0.300. The second kappa shape index (κ2) is 5.30. The fourth-order valence-corrected chi connectivity index (χ4v) is 1.37. The fraction of sp³-hybridized carbons (Fsp3) is 0.500. The van der Waals surface area contributed by atoms with Crippen molar-refractivity contribution >= 4 is 17.4 Å². The van der Waals surface area contributed by atoms with E-state index >= 15 is 0 Å². The molecule has 0 heterocycles. The molecule has 1 rings (SSSR count). The maximum atomic E-state index is 11.1. The van der Waals surface area contributed by atoms with Crippen LogP contribution in [0.25, 0.3) is 0 Å². The van der Waals surface area contributed by atoms with Gasteiger partial charge in [-0.05, 0) is 12.2 Å². The molecule has 0 saturated carbocycles. The van der Waals surface area contributed by atoms with Crippen molar-refractivity contribution in [1.82, 2.24) is 0 Å². The second-order valence-electron chi connectivity index (χ2n) is 2.86. The molecule has 0 fully saturated rings. The molecule has 1 unspecified atom stereocenters. The van der Waals surface area contributed by atoms with Gasteiger partial charge in [0.15, 0.2) is 11.5 Å². The van der Waals surface area contributed by atoms with E-state index in [4.69, 9.17) is 25.8 Å².